The molecule has 0 saturated carbocycles. The fourth-order valence-electron chi connectivity index (χ4n) is 1.53. The third kappa shape index (κ3) is 2.61. The van der Waals surface area contributed by atoms with E-state index in [9.17, 15) is 0 Å². The Morgan fingerprint density at radius 1 is 0.875 bits per heavy atom. The zero-order valence-corrected chi connectivity index (χ0v) is 9.40. The van der Waals surface area contributed by atoms with Gasteiger partial charge in [-0.25, -0.2) is 0 Å². The number of anilines is 2. The predicted molar refractivity (Wildman–Crippen MR) is 68.8 cm³/mol. The molecule has 0 aliphatic heterocycles. The molecule has 2 heteroatoms. The standard InChI is InChI=1S/C14H16N2/c1-11-2-6-13(7-3-11)16-14-8-4-12(10-15)5-9-14/h2-9,16H,10,15H2,1H3. The molecule has 0 saturated heterocycles. The maximum Gasteiger partial charge on any atom is 0.0384 e. The molecule has 16 heavy (non-hydrogen) atoms. The number of aryl methyl sites for hydroxylation is 1. The van der Waals surface area contributed by atoms with Gasteiger partial charge in [0.15, 0.2) is 0 Å². The van der Waals surface area contributed by atoms with Crippen LogP contribution in [0.2, 0.25) is 0 Å². The van der Waals surface area contributed by atoms with Crippen LogP contribution in [0.3, 0.4) is 0 Å². The van der Waals surface area contributed by atoms with E-state index in [-0.39, 0.29) is 0 Å². The lowest BCUT2D eigenvalue weighted by atomic mass is 10.2. The minimum absolute atomic E-state index is 0.588. The Morgan fingerprint density at radius 2 is 1.38 bits per heavy atom. The Hall–Kier alpha value is -1.80. The van der Waals surface area contributed by atoms with Crippen LogP contribution in [0.15, 0.2) is 48.5 Å². The second-order valence-corrected chi connectivity index (χ2v) is 3.89. The third-order valence-corrected chi connectivity index (χ3v) is 2.53. The maximum atomic E-state index is 5.55. The van der Waals surface area contributed by atoms with Crippen molar-refractivity contribution in [1.29, 1.82) is 0 Å². The van der Waals surface area contributed by atoms with Gasteiger partial charge in [0, 0.05) is 17.9 Å². The smallest absolute Gasteiger partial charge is 0.0384 e. The van der Waals surface area contributed by atoms with Crippen molar-refractivity contribution in [2.24, 2.45) is 5.73 Å². The van der Waals surface area contributed by atoms with Gasteiger partial charge in [0.25, 0.3) is 0 Å². The molecule has 2 rings (SSSR count). The highest BCUT2D eigenvalue weighted by Gasteiger charge is 1.94. The van der Waals surface area contributed by atoms with Gasteiger partial charge < -0.3 is 11.1 Å². The molecule has 0 aliphatic carbocycles. The second-order valence-electron chi connectivity index (χ2n) is 3.89. The summed E-state index contributed by atoms with van der Waals surface area (Å²) in [7, 11) is 0. The van der Waals surface area contributed by atoms with E-state index in [4.69, 9.17) is 5.73 Å². The first-order valence-corrected chi connectivity index (χ1v) is 5.40. The zero-order valence-electron chi connectivity index (χ0n) is 9.40. The molecule has 0 bridgehead atoms. The molecule has 0 unspecified atom stereocenters. The van der Waals surface area contributed by atoms with E-state index in [1.54, 1.807) is 0 Å². The summed E-state index contributed by atoms with van der Waals surface area (Å²) < 4.78 is 0. The number of nitrogens with two attached hydrogens (primary N) is 1. The van der Waals surface area contributed by atoms with Crippen molar-refractivity contribution < 1.29 is 0 Å². The maximum absolute atomic E-state index is 5.55. The van der Waals surface area contributed by atoms with Crippen LogP contribution < -0.4 is 11.1 Å². The number of rotatable bonds is 3. The van der Waals surface area contributed by atoms with Gasteiger partial charge in [0.05, 0.1) is 0 Å². The summed E-state index contributed by atoms with van der Waals surface area (Å²) in [5.74, 6) is 0. The Kier molecular flexibility index (Phi) is 3.22. The van der Waals surface area contributed by atoms with Crippen LogP contribution in [-0.4, -0.2) is 0 Å². The number of nitrogens with one attached hydrogen (secondary N) is 1. The summed E-state index contributed by atoms with van der Waals surface area (Å²) in [4.78, 5) is 0. The van der Waals surface area contributed by atoms with Crippen LogP contribution in [0.4, 0.5) is 11.4 Å². The summed E-state index contributed by atoms with van der Waals surface area (Å²) >= 11 is 0. The Bertz CT molecular complexity index is 443. The Morgan fingerprint density at radius 3 is 1.88 bits per heavy atom. The van der Waals surface area contributed by atoms with Crippen molar-refractivity contribution >= 4 is 11.4 Å². The molecule has 82 valence electrons. The SMILES string of the molecule is Cc1ccc(Nc2ccc(CN)cc2)cc1. The molecule has 0 fully saturated rings. The minimum Gasteiger partial charge on any atom is -0.356 e. The number of benzene rings is 2. The first-order valence-electron chi connectivity index (χ1n) is 5.40. The summed E-state index contributed by atoms with van der Waals surface area (Å²) in [6.45, 7) is 2.67. The molecule has 2 aromatic carbocycles. The summed E-state index contributed by atoms with van der Waals surface area (Å²) in [6, 6.07) is 16.5. The molecular weight excluding hydrogens is 196 g/mol. The molecule has 0 spiro atoms. The van der Waals surface area contributed by atoms with Gasteiger partial charge in [-0.15, -0.1) is 0 Å². The van der Waals surface area contributed by atoms with E-state index in [1.165, 1.54) is 5.56 Å². The van der Waals surface area contributed by atoms with E-state index in [1.807, 2.05) is 24.3 Å². The highest BCUT2D eigenvalue weighted by atomic mass is 14.9. The average Bonchev–Trinajstić information content (AvgIpc) is 2.33. The molecule has 3 N–H and O–H groups in total. The Labute approximate surface area is 96.1 Å². The normalized spacial score (nSPS) is 10.1. The molecule has 0 atom stereocenters. The van der Waals surface area contributed by atoms with E-state index in [0.717, 1.165) is 16.9 Å². The Balaban J connectivity index is 2.11. The molecule has 0 heterocycles. The van der Waals surface area contributed by atoms with Crippen LogP contribution in [0.25, 0.3) is 0 Å². The summed E-state index contributed by atoms with van der Waals surface area (Å²) in [5, 5.41) is 3.34. The second kappa shape index (κ2) is 4.81. The highest BCUT2D eigenvalue weighted by molar-refractivity contribution is 5.59. The van der Waals surface area contributed by atoms with Gasteiger partial charge in [0.2, 0.25) is 0 Å². The third-order valence-electron chi connectivity index (χ3n) is 2.53. The van der Waals surface area contributed by atoms with Gasteiger partial charge in [0.1, 0.15) is 0 Å². The van der Waals surface area contributed by atoms with Crippen LogP contribution in [0.1, 0.15) is 11.1 Å². The quantitative estimate of drug-likeness (QED) is 0.820. The molecule has 0 aromatic heterocycles. The van der Waals surface area contributed by atoms with Crippen molar-refractivity contribution in [2.75, 3.05) is 5.32 Å². The van der Waals surface area contributed by atoms with Crippen molar-refractivity contribution in [3.63, 3.8) is 0 Å². The minimum atomic E-state index is 0.588. The van der Waals surface area contributed by atoms with E-state index < -0.39 is 0 Å². The lowest BCUT2D eigenvalue weighted by molar-refractivity contribution is 1.07. The van der Waals surface area contributed by atoms with E-state index >= 15 is 0 Å². The topological polar surface area (TPSA) is 38.0 Å². The summed E-state index contributed by atoms with van der Waals surface area (Å²) in [6.07, 6.45) is 0. The van der Waals surface area contributed by atoms with Crippen molar-refractivity contribution in [2.45, 2.75) is 13.5 Å². The molecular formula is C14H16N2. The average molecular weight is 212 g/mol. The van der Waals surface area contributed by atoms with Crippen LogP contribution in [0, 0.1) is 6.92 Å². The molecule has 0 radical (unpaired) electrons. The van der Waals surface area contributed by atoms with Crippen LogP contribution >= 0.6 is 0 Å². The first-order chi connectivity index (χ1) is 7.78. The van der Waals surface area contributed by atoms with Gasteiger partial charge >= 0.3 is 0 Å². The summed E-state index contributed by atoms with van der Waals surface area (Å²) in [5.41, 5.74) is 10.2. The van der Waals surface area contributed by atoms with Crippen molar-refractivity contribution in [3.8, 4) is 0 Å². The monoisotopic (exact) mass is 212 g/mol. The molecule has 2 aromatic rings. The van der Waals surface area contributed by atoms with Gasteiger partial charge in [-0.2, -0.15) is 0 Å². The number of hydrogen-bond acceptors (Lipinski definition) is 2. The molecule has 2 nitrogen and oxygen atoms in total. The number of hydrogen-bond donors (Lipinski definition) is 2. The van der Waals surface area contributed by atoms with Crippen molar-refractivity contribution in [1.82, 2.24) is 0 Å². The molecule has 0 amide bonds. The van der Waals surface area contributed by atoms with Crippen molar-refractivity contribution in [3.05, 3.63) is 59.7 Å². The van der Waals surface area contributed by atoms with E-state index in [0.29, 0.717) is 6.54 Å². The lowest BCUT2D eigenvalue weighted by Gasteiger charge is -2.07. The fourth-order valence-corrected chi connectivity index (χ4v) is 1.53. The fraction of sp³-hybridized carbons (Fsp3) is 0.143. The van der Waals surface area contributed by atoms with Crippen LogP contribution in [-0.2, 0) is 6.54 Å². The largest absolute Gasteiger partial charge is 0.356 e. The predicted octanol–water partition coefficient (Wildman–Crippen LogP) is 3.20. The van der Waals surface area contributed by atoms with E-state index in [2.05, 4.69) is 36.5 Å². The van der Waals surface area contributed by atoms with Crippen LogP contribution in [0.5, 0.6) is 0 Å². The lowest BCUT2D eigenvalue weighted by Crippen LogP contribution is -1.96. The van der Waals surface area contributed by atoms with Gasteiger partial charge in [-0.1, -0.05) is 29.8 Å². The van der Waals surface area contributed by atoms with Gasteiger partial charge in [-0.3, -0.25) is 0 Å². The highest BCUT2D eigenvalue weighted by Crippen LogP contribution is 2.17. The zero-order chi connectivity index (χ0) is 11.4. The molecule has 0 aliphatic rings. The van der Waals surface area contributed by atoms with Gasteiger partial charge in [-0.05, 0) is 36.8 Å². The first kappa shape index (κ1) is 10.7.